The molecule has 0 aliphatic carbocycles. The van der Waals surface area contributed by atoms with Crippen LogP contribution in [0.5, 0.6) is 0 Å². The average molecular weight is 205 g/mol. The molecular weight excluding hydrogens is 201 g/mol. The fraction of sp³-hybridized carbons (Fsp3) is 0.250. The van der Waals surface area contributed by atoms with Gasteiger partial charge in [-0.1, -0.05) is 0 Å². The van der Waals surface area contributed by atoms with Gasteiger partial charge in [-0.05, 0) is 11.5 Å². The lowest BCUT2D eigenvalue weighted by Crippen LogP contribution is -2.04. The highest BCUT2D eigenvalue weighted by Gasteiger charge is 2.33. The maximum atomic E-state index is 11.7. The first kappa shape index (κ1) is 10.5. The Hall–Kier alpha value is -0.490. The van der Waals surface area contributed by atoms with Crippen molar-refractivity contribution in [3.8, 4) is 0 Å². The van der Waals surface area contributed by atoms with E-state index in [9.17, 15) is 13.2 Å². The van der Waals surface area contributed by atoms with E-state index in [0.717, 1.165) is 6.07 Å². The van der Waals surface area contributed by atoms with Gasteiger partial charge < -0.3 is 5.73 Å². The van der Waals surface area contributed by atoms with E-state index < -0.39 is 11.9 Å². The van der Waals surface area contributed by atoms with Crippen molar-refractivity contribution in [2.75, 3.05) is 5.73 Å². The minimum Gasteiger partial charge on any atom is -0.389 e. The van der Waals surface area contributed by atoms with Gasteiger partial charge in [0.1, 0.15) is 5.00 Å². The van der Waals surface area contributed by atoms with Crippen molar-refractivity contribution in [1.29, 1.82) is 0 Å². The molecule has 0 aliphatic rings. The van der Waals surface area contributed by atoms with Crippen molar-refractivity contribution in [3.05, 3.63) is 11.8 Å². The van der Waals surface area contributed by atoms with E-state index in [1.165, 1.54) is 0 Å². The Morgan fingerprint density at radius 3 is 2.18 bits per heavy atom. The van der Waals surface area contributed by atoms with Crippen LogP contribution < -0.4 is 5.73 Å². The minimum absolute atomic E-state index is 0. The maximum absolute atomic E-state index is 11.7. The molecule has 0 atom stereocenters. The zero-order valence-corrected chi connectivity index (χ0v) is 6.69. The summed E-state index contributed by atoms with van der Waals surface area (Å²) < 4.78 is 38.1. The Kier molecular flexibility index (Phi) is 3.13. The van der Waals surface area contributed by atoms with Crippen LogP contribution in [0.3, 0.4) is 0 Å². The maximum Gasteiger partial charge on any atom is 0.434 e. The molecule has 11 heavy (non-hydrogen) atoms. The Labute approximate surface area is 70.8 Å². The second kappa shape index (κ2) is 3.27. The van der Waals surface area contributed by atoms with E-state index in [-0.39, 0.29) is 17.4 Å². The summed E-state index contributed by atoms with van der Waals surface area (Å²) in [4.78, 5) is 0. The fourth-order valence-electron chi connectivity index (χ4n) is 0.423. The molecule has 64 valence electrons. The van der Waals surface area contributed by atoms with E-state index in [0.29, 0.717) is 11.5 Å². The highest BCUT2D eigenvalue weighted by atomic mass is 35.5. The molecule has 0 spiro atoms. The van der Waals surface area contributed by atoms with Gasteiger partial charge in [0, 0.05) is 6.07 Å². The first-order valence-electron chi connectivity index (χ1n) is 2.29. The molecule has 7 heteroatoms. The van der Waals surface area contributed by atoms with Crippen LogP contribution >= 0.6 is 23.9 Å². The summed E-state index contributed by atoms with van der Waals surface area (Å²) in [6.07, 6.45) is -4.37. The Morgan fingerprint density at radius 1 is 1.45 bits per heavy atom. The third-order valence-corrected chi connectivity index (χ3v) is 1.44. The third-order valence-electron chi connectivity index (χ3n) is 0.819. The van der Waals surface area contributed by atoms with Crippen LogP contribution in [-0.2, 0) is 6.18 Å². The zero-order chi connectivity index (χ0) is 7.78. The van der Waals surface area contributed by atoms with Crippen molar-refractivity contribution in [2.24, 2.45) is 0 Å². The molecule has 0 saturated heterocycles. The van der Waals surface area contributed by atoms with Gasteiger partial charge >= 0.3 is 6.18 Å². The summed E-state index contributed by atoms with van der Waals surface area (Å²) in [6.45, 7) is 0. The molecule has 0 fully saturated rings. The number of anilines is 1. The van der Waals surface area contributed by atoms with Gasteiger partial charge in [-0.25, -0.2) is 0 Å². The Balaban J connectivity index is 0.000001000. The summed E-state index contributed by atoms with van der Waals surface area (Å²) in [5.41, 5.74) is 4.11. The lowest BCUT2D eigenvalue weighted by molar-refractivity contribution is -0.140. The number of alkyl halides is 3. The average Bonchev–Trinajstić information content (AvgIpc) is 2.11. The first-order valence-corrected chi connectivity index (χ1v) is 3.07. The predicted octanol–water partition coefficient (Wildman–Crippen LogP) is 2.17. The number of nitrogens with two attached hydrogens (primary N) is 1. The number of nitrogens with zero attached hydrogens (tertiary/aromatic N) is 1. The lowest BCUT2D eigenvalue weighted by Gasteiger charge is -1.98. The quantitative estimate of drug-likeness (QED) is 0.704. The monoisotopic (exact) mass is 204 g/mol. The van der Waals surface area contributed by atoms with Gasteiger partial charge in [0.15, 0.2) is 5.69 Å². The molecule has 2 N–H and O–H groups in total. The molecule has 0 saturated carbocycles. The largest absolute Gasteiger partial charge is 0.434 e. The molecule has 1 aromatic rings. The smallest absolute Gasteiger partial charge is 0.389 e. The van der Waals surface area contributed by atoms with Crippen molar-refractivity contribution in [1.82, 2.24) is 4.37 Å². The number of hydrogen-bond donors (Lipinski definition) is 1. The number of halogens is 4. The van der Waals surface area contributed by atoms with Gasteiger partial charge in [0.05, 0.1) is 0 Å². The van der Waals surface area contributed by atoms with Crippen LogP contribution in [0.4, 0.5) is 18.2 Å². The van der Waals surface area contributed by atoms with Crippen LogP contribution in [-0.4, -0.2) is 4.37 Å². The Bertz CT molecular complexity index is 233. The van der Waals surface area contributed by atoms with E-state index in [2.05, 4.69) is 4.37 Å². The zero-order valence-electron chi connectivity index (χ0n) is 5.05. The summed E-state index contributed by atoms with van der Waals surface area (Å²) in [5.74, 6) is 0. The van der Waals surface area contributed by atoms with E-state index in [4.69, 9.17) is 5.73 Å². The summed E-state index contributed by atoms with van der Waals surface area (Å²) in [6, 6.07) is 0.810. The second-order valence-electron chi connectivity index (χ2n) is 1.61. The molecule has 1 heterocycles. The Morgan fingerprint density at radius 2 is 2.00 bits per heavy atom. The molecule has 1 aromatic heterocycles. The van der Waals surface area contributed by atoms with Crippen LogP contribution in [0.1, 0.15) is 5.69 Å². The molecule has 0 aromatic carbocycles. The van der Waals surface area contributed by atoms with Crippen molar-refractivity contribution < 1.29 is 13.2 Å². The van der Waals surface area contributed by atoms with E-state index in [1.54, 1.807) is 0 Å². The first-order chi connectivity index (χ1) is 4.50. The molecule has 0 radical (unpaired) electrons. The normalized spacial score (nSPS) is 10.8. The molecule has 0 amide bonds. The van der Waals surface area contributed by atoms with Gasteiger partial charge in [0.2, 0.25) is 0 Å². The number of nitrogen functional groups attached to an aromatic ring is 1. The van der Waals surface area contributed by atoms with Gasteiger partial charge in [-0.15, -0.1) is 12.4 Å². The number of aromatic nitrogens is 1. The van der Waals surface area contributed by atoms with E-state index >= 15 is 0 Å². The number of rotatable bonds is 0. The van der Waals surface area contributed by atoms with Crippen molar-refractivity contribution in [2.45, 2.75) is 6.18 Å². The van der Waals surface area contributed by atoms with Gasteiger partial charge in [-0.3, -0.25) is 0 Å². The lowest BCUT2D eigenvalue weighted by atomic mass is 10.4. The minimum atomic E-state index is -4.37. The fourth-order valence-corrected chi connectivity index (χ4v) is 0.947. The second-order valence-corrected chi connectivity index (χ2v) is 2.45. The van der Waals surface area contributed by atoms with Crippen LogP contribution in [0.2, 0.25) is 0 Å². The van der Waals surface area contributed by atoms with Crippen LogP contribution in [0.25, 0.3) is 0 Å². The molecule has 1 rings (SSSR count). The predicted molar refractivity (Wildman–Crippen MR) is 38.8 cm³/mol. The molecule has 0 bridgehead atoms. The van der Waals surface area contributed by atoms with Crippen molar-refractivity contribution >= 4 is 28.9 Å². The number of hydrogen-bond acceptors (Lipinski definition) is 3. The van der Waals surface area contributed by atoms with Gasteiger partial charge in [-0.2, -0.15) is 17.5 Å². The van der Waals surface area contributed by atoms with Crippen LogP contribution in [0, 0.1) is 0 Å². The topological polar surface area (TPSA) is 38.9 Å². The molecule has 0 aliphatic heterocycles. The standard InChI is InChI=1S/C4H3F3N2S.ClH/c5-4(6,7)2-1-3(8)10-9-2;/h1H,8H2;1H. The molecule has 2 nitrogen and oxygen atoms in total. The third kappa shape index (κ3) is 2.55. The highest BCUT2D eigenvalue weighted by molar-refractivity contribution is 7.10. The summed E-state index contributed by atoms with van der Waals surface area (Å²) in [5, 5.41) is 0.0762. The van der Waals surface area contributed by atoms with Crippen LogP contribution in [0.15, 0.2) is 6.07 Å². The van der Waals surface area contributed by atoms with Gasteiger partial charge in [0.25, 0.3) is 0 Å². The molecular formula is C4H4ClF3N2S. The molecule has 0 unspecified atom stereocenters. The van der Waals surface area contributed by atoms with E-state index in [1.807, 2.05) is 0 Å². The SMILES string of the molecule is Cl.Nc1cc(C(F)(F)F)ns1. The summed E-state index contributed by atoms with van der Waals surface area (Å²) >= 11 is 0.639. The summed E-state index contributed by atoms with van der Waals surface area (Å²) in [7, 11) is 0. The van der Waals surface area contributed by atoms with Crippen molar-refractivity contribution in [3.63, 3.8) is 0 Å². The highest BCUT2D eigenvalue weighted by Crippen LogP contribution is 2.30.